The van der Waals surface area contributed by atoms with Gasteiger partial charge in [0.05, 0.1) is 0 Å². The molecule has 4 bridgehead atoms. The van der Waals surface area contributed by atoms with Crippen molar-refractivity contribution in [1.82, 2.24) is 0 Å². The van der Waals surface area contributed by atoms with Gasteiger partial charge in [-0.15, -0.1) is 0 Å². The molecule has 6 atom stereocenters. The highest BCUT2D eigenvalue weighted by molar-refractivity contribution is 6.75. The maximum atomic E-state index is 6.05. The molecule has 0 aromatic rings. The molecule has 3 saturated carbocycles. The second-order valence-corrected chi connectivity index (χ2v) is 11.8. The SMILES string of the molecule is CO[Si](C)(C)C12C=CC(C1)C1C3CCC(C3)C12. The van der Waals surface area contributed by atoms with Crippen molar-refractivity contribution in [2.24, 2.45) is 29.6 Å². The molecule has 4 rings (SSSR count). The van der Waals surface area contributed by atoms with Gasteiger partial charge in [0.15, 0.2) is 8.32 Å². The molecule has 2 heteroatoms. The normalized spacial score (nSPS) is 54.6. The molecule has 0 radical (unpaired) electrons. The molecule has 4 aliphatic carbocycles. The zero-order valence-corrected chi connectivity index (χ0v) is 12.3. The van der Waals surface area contributed by atoms with Crippen molar-refractivity contribution in [2.75, 3.05) is 7.11 Å². The van der Waals surface area contributed by atoms with Crippen LogP contribution in [0.25, 0.3) is 0 Å². The molecule has 0 aromatic carbocycles. The lowest BCUT2D eigenvalue weighted by atomic mass is 9.73. The zero-order valence-electron chi connectivity index (χ0n) is 11.3. The summed E-state index contributed by atoms with van der Waals surface area (Å²) in [4.78, 5) is 0. The Labute approximate surface area is 106 Å². The molecule has 0 aromatic heterocycles. The van der Waals surface area contributed by atoms with E-state index in [2.05, 4.69) is 25.2 Å². The molecule has 0 N–H and O–H groups in total. The Balaban J connectivity index is 1.81. The molecule has 94 valence electrons. The molecule has 0 saturated heterocycles. The summed E-state index contributed by atoms with van der Waals surface area (Å²) >= 11 is 0. The van der Waals surface area contributed by atoms with Crippen molar-refractivity contribution in [2.45, 2.75) is 43.8 Å². The number of hydrogen-bond donors (Lipinski definition) is 0. The monoisotopic (exact) mass is 248 g/mol. The zero-order chi connectivity index (χ0) is 11.8. The van der Waals surface area contributed by atoms with Crippen molar-refractivity contribution >= 4 is 8.32 Å². The molecule has 4 aliphatic rings. The molecule has 0 spiro atoms. The maximum Gasteiger partial charge on any atom is 0.196 e. The third-order valence-corrected chi connectivity index (χ3v) is 10.9. The lowest BCUT2D eigenvalue weighted by Gasteiger charge is -2.46. The van der Waals surface area contributed by atoms with E-state index >= 15 is 0 Å². The van der Waals surface area contributed by atoms with Gasteiger partial charge in [0.1, 0.15) is 0 Å². The van der Waals surface area contributed by atoms with Gasteiger partial charge < -0.3 is 4.43 Å². The molecule has 3 fully saturated rings. The maximum absolute atomic E-state index is 6.05. The topological polar surface area (TPSA) is 9.23 Å². The largest absolute Gasteiger partial charge is 0.420 e. The summed E-state index contributed by atoms with van der Waals surface area (Å²) in [7, 11) is 0.398. The van der Waals surface area contributed by atoms with Crippen LogP contribution in [-0.4, -0.2) is 15.4 Å². The van der Waals surface area contributed by atoms with Crippen LogP contribution in [-0.2, 0) is 4.43 Å². The van der Waals surface area contributed by atoms with E-state index in [-0.39, 0.29) is 0 Å². The molecular formula is C15H24OSi. The molecular weight excluding hydrogens is 224 g/mol. The van der Waals surface area contributed by atoms with E-state index in [4.69, 9.17) is 4.43 Å². The number of rotatable bonds is 2. The highest BCUT2D eigenvalue weighted by Gasteiger charge is 2.69. The highest BCUT2D eigenvalue weighted by Crippen LogP contribution is 2.75. The summed E-state index contributed by atoms with van der Waals surface area (Å²) in [5.74, 6) is 5.07. The van der Waals surface area contributed by atoms with Crippen LogP contribution in [0.5, 0.6) is 0 Å². The van der Waals surface area contributed by atoms with Gasteiger partial charge in [-0.2, -0.15) is 0 Å². The minimum absolute atomic E-state index is 0.497. The van der Waals surface area contributed by atoms with Gasteiger partial charge in [-0.3, -0.25) is 0 Å². The standard InChI is InChI=1S/C15H24OSi/c1-16-17(2,3)15-7-6-12(9-15)13-10-4-5-11(8-10)14(13)15/h6-7,10-14H,4-5,8-9H2,1-3H3. The molecule has 0 heterocycles. The Hall–Kier alpha value is -0.0831. The van der Waals surface area contributed by atoms with Gasteiger partial charge in [-0.1, -0.05) is 12.2 Å². The van der Waals surface area contributed by atoms with Crippen molar-refractivity contribution in [3.63, 3.8) is 0 Å². The van der Waals surface area contributed by atoms with E-state index in [0.717, 1.165) is 29.6 Å². The summed E-state index contributed by atoms with van der Waals surface area (Å²) < 4.78 is 6.05. The molecule has 0 aliphatic heterocycles. The second-order valence-electron chi connectivity index (χ2n) is 7.42. The first kappa shape index (κ1) is 10.8. The minimum atomic E-state index is -1.56. The van der Waals surface area contributed by atoms with Gasteiger partial charge >= 0.3 is 0 Å². The predicted molar refractivity (Wildman–Crippen MR) is 72.2 cm³/mol. The van der Waals surface area contributed by atoms with Gasteiger partial charge in [-0.25, -0.2) is 0 Å². The average Bonchev–Trinajstić information content (AvgIpc) is 3.06. The first-order chi connectivity index (χ1) is 8.09. The van der Waals surface area contributed by atoms with Crippen molar-refractivity contribution < 1.29 is 4.43 Å². The number of fused-ring (bicyclic) bond motifs is 9. The fourth-order valence-corrected chi connectivity index (χ4v) is 8.92. The summed E-state index contributed by atoms with van der Waals surface area (Å²) in [6.07, 6.45) is 11.2. The average molecular weight is 248 g/mol. The Morgan fingerprint density at radius 2 is 2.00 bits per heavy atom. The quantitative estimate of drug-likeness (QED) is 0.410. The number of allylic oxidation sites excluding steroid dienone is 2. The summed E-state index contributed by atoms with van der Waals surface area (Å²) in [6, 6.07) is 0. The molecule has 0 amide bonds. The van der Waals surface area contributed by atoms with Crippen molar-refractivity contribution in [3.05, 3.63) is 12.2 Å². The summed E-state index contributed by atoms with van der Waals surface area (Å²) in [5, 5.41) is 0.497. The Bertz CT molecular complexity index is 388. The summed E-state index contributed by atoms with van der Waals surface area (Å²) in [6.45, 7) is 4.90. The van der Waals surface area contributed by atoms with Gasteiger partial charge in [-0.05, 0) is 68.4 Å². The molecule has 17 heavy (non-hydrogen) atoms. The lowest BCUT2D eigenvalue weighted by Crippen LogP contribution is -2.48. The van der Waals surface area contributed by atoms with E-state index in [0.29, 0.717) is 5.04 Å². The first-order valence-electron chi connectivity index (χ1n) is 7.33. The third kappa shape index (κ3) is 1.06. The van der Waals surface area contributed by atoms with Gasteiger partial charge in [0.25, 0.3) is 0 Å². The Kier molecular flexibility index (Phi) is 1.96. The van der Waals surface area contributed by atoms with Crippen molar-refractivity contribution in [3.8, 4) is 0 Å². The van der Waals surface area contributed by atoms with E-state index in [1.165, 1.54) is 19.3 Å². The Morgan fingerprint density at radius 3 is 2.76 bits per heavy atom. The van der Waals surface area contributed by atoms with Crippen LogP contribution in [0.3, 0.4) is 0 Å². The van der Waals surface area contributed by atoms with E-state index in [1.807, 2.05) is 7.11 Å². The predicted octanol–water partition coefficient (Wildman–Crippen LogP) is 3.83. The fraction of sp³-hybridized carbons (Fsp3) is 0.867. The third-order valence-electron chi connectivity index (χ3n) is 6.92. The van der Waals surface area contributed by atoms with Crippen LogP contribution in [0.1, 0.15) is 25.7 Å². The molecule has 1 nitrogen and oxygen atoms in total. The van der Waals surface area contributed by atoms with Gasteiger partial charge in [0, 0.05) is 12.1 Å². The van der Waals surface area contributed by atoms with Crippen LogP contribution in [0.2, 0.25) is 18.1 Å². The molecule has 6 unspecified atom stereocenters. The first-order valence-corrected chi connectivity index (χ1v) is 10.2. The number of hydrogen-bond acceptors (Lipinski definition) is 1. The Morgan fingerprint density at radius 1 is 1.24 bits per heavy atom. The van der Waals surface area contributed by atoms with Crippen LogP contribution in [0.4, 0.5) is 0 Å². The van der Waals surface area contributed by atoms with Gasteiger partial charge in [0.2, 0.25) is 0 Å². The fourth-order valence-electron chi connectivity index (χ4n) is 6.09. The highest BCUT2D eigenvalue weighted by atomic mass is 28.4. The van der Waals surface area contributed by atoms with E-state index in [9.17, 15) is 0 Å². The van der Waals surface area contributed by atoms with Crippen LogP contribution < -0.4 is 0 Å². The van der Waals surface area contributed by atoms with Crippen LogP contribution >= 0.6 is 0 Å². The van der Waals surface area contributed by atoms with E-state index < -0.39 is 8.32 Å². The van der Waals surface area contributed by atoms with Crippen molar-refractivity contribution in [1.29, 1.82) is 0 Å². The van der Waals surface area contributed by atoms with E-state index in [1.54, 1.807) is 6.42 Å². The lowest BCUT2D eigenvalue weighted by molar-refractivity contribution is 0.198. The summed E-state index contributed by atoms with van der Waals surface area (Å²) in [5.41, 5.74) is 0. The smallest absolute Gasteiger partial charge is 0.196 e. The van der Waals surface area contributed by atoms with Crippen LogP contribution in [0, 0.1) is 29.6 Å². The second kappa shape index (κ2) is 3.08. The minimum Gasteiger partial charge on any atom is -0.420 e. The van der Waals surface area contributed by atoms with Crippen LogP contribution in [0.15, 0.2) is 12.2 Å².